The molecule has 2 N–H and O–H groups in total. The van der Waals surface area contributed by atoms with Crippen molar-refractivity contribution < 1.29 is 9.59 Å². The van der Waals surface area contributed by atoms with E-state index in [1.165, 1.54) is 11.3 Å². The molecular weight excluding hydrogens is 304 g/mol. The van der Waals surface area contributed by atoms with Gasteiger partial charge in [0.1, 0.15) is 0 Å². The first-order chi connectivity index (χ1) is 10.2. The van der Waals surface area contributed by atoms with Crippen molar-refractivity contribution in [1.29, 1.82) is 0 Å². The molecule has 0 spiro atoms. The summed E-state index contributed by atoms with van der Waals surface area (Å²) in [6.45, 7) is 0. The average Bonchev–Trinajstić information content (AvgIpc) is 3.09. The van der Waals surface area contributed by atoms with Crippen LogP contribution in [0.3, 0.4) is 0 Å². The van der Waals surface area contributed by atoms with Crippen LogP contribution in [-0.2, 0) is 11.2 Å². The van der Waals surface area contributed by atoms with Crippen LogP contribution in [-0.4, -0.2) is 11.8 Å². The molecule has 4 nitrogen and oxygen atoms in total. The first-order valence-corrected chi connectivity index (χ1v) is 8.10. The molecule has 104 valence electrons. The molecule has 3 aromatic rings. The Balaban J connectivity index is 1.58. The van der Waals surface area contributed by atoms with Crippen LogP contribution in [0.2, 0.25) is 0 Å². The Bertz CT molecular complexity index is 850. The van der Waals surface area contributed by atoms with Crippen LogP contribution >= 0.6 is 22.7 Å². The van der Waals surface area contributed by atoms with E-state index in [4.69, 9.17) is 0 Å². The van der Waals surface area contributed by atoms with E-state index in [-0.39, 0.29) is 11.8 Å². The van der Waals surface area contributed by atoms with Crippen molar-refractivity contribution in [3.8, 4) is 0 Å². The van der Waals surface area contributed by atoms with Crippen molar-refractivity contribution in [1.82, 2.24) is 0 Å². The van der Waals surface area contributed by atoms with Crippen molar-refractivity contribution in [2.24, 2.45) is 0 Å². The normalized spacial score (nSPS) is 13.2. The van der Waals surface area contributed by atoms with E-state index in [2.05, 4.69) is 10.6 Å². The third kappa shape index (κ3) is 2.22. The van der Waals surface area contributed by atoms with E-state index in [9.17, 15) is 9.59 Å². The number of benzene rings is 1. The zero-order valence-corrected chi connectivity index (χ0v) is 12.4. The van der Waals surface area contributed by atoms with Crippen molar-refractivity contribution >= 4 is 55.3 Å². The van der Waals surface area contributed by atoms with Gasteiger partial charge in [-0.15, -0.1) is 22.7 Å². The van der Waals surface area contributed by atoms with Gasteiger partial charge < -0.3 is 10.6 Å². The van der Waals surface area contributed by atoms with Gasteiger partial charge in [0.25, 0.3) is 5.91 Å². The molecule has 2 amide bonds. The van der Waals surface area contributed by atoms with Gasteiger partial charge in [-0.3, -0.25) is 9.59 Å². The largest absolute Gasteiger partial charge is 0.326 e. The van der Waals surface area contributed by atoms with Gasteiger partial charge in [-0.05, 0) is 41.3 Å². The first-order valence-electron chi connectivity index (χ1n) is 6.40. The van der Waals surface area contributed by atoms with Crippen molar-refractivity contribution in [2.45, 2.75) is 6.42 Å². The van der Waals surface area contributed by atoms with E-state index in [0.717, 1.165) is 20.7 Å². The number of nitrogens with one attached hydrogen (secondary N) is 2. The highest BCUT2D eigenvalue weighted by Crippen LogP contribution is 2.31. The summed E-state index contributed by atoms with van der Waals surface area (Å²) in [6.07, 6.45) is 0.369. The van der Waals surface area contributed by atoms with Gasteiger partial charge in [-0.25, -0.2) is 0 Å². The number of fused-ring (bicyclic) bond motifs is 2. The second kappa shape index (κ2) is 4.68. The Morgan fingerprint density at radius 3 is 2.95 bits per heavy atom. The summed E-state index contributed by atoms with van der Waals surface area (Å²) >= 11 is 3.12. The number of anilines is 2. The van der Waals surface area contributed by atoms with Crippen LogP contribution in [0, 0.1) is 0 Å². The van der Waals surface area contributed by atoms with E-state index >= 15 is 0 Å². The molecule has 2 aromatic heterocycles. The lowest BCUT2D eigenvalue weighted by Crippen LogP contribution is -2.10. The quantitative estimate of drug-likeness (QED) is 0.757. The minimum absolute atomic E-state index is 0.00743. The Kier molecular flexibility index (Phi) is 2.80. The molecule has 1 aromatic carbocycles. The Hall–Kier alpha value is -2.18. The minimum Gasteiger partial charge on any atom is -0.326 e. The number of amides is 2. The maximum absolute atomic E-state index is 12.3. The van der Waals surface area contributed by atoms with Crippen LogP contribution in [0.25, 0.3) is 9.40 Å². The minimum atomic E-state index is -0.111. The van der Waals surface area contributed by atoms with Crippen molar-refractivity contribution in [2.75, 3.05) is 10.6 Å². The summed E-state index contributed by atoms with van der Waals surface area (Å²) in [7, 11) is 0. The highest BCUT2D eigenvalue weighted by molar-refractivity contribution is 7.27. The van der Waals surface area contributed by atoms with E-state index < -0.39 is 0 Å². The summed E-state index contributed by atoms with van der Waals surface area (Å²) in [6, 6.07) is 9.41. The molecule has 0 saturated carbocycles. The lowest BCUT2D eigenvalue weighted by Gasteiger charge is -2.05. The van der Waals surface area contributed by atoms with Crippen LogP contribution in [0.15, 0.2) is 35.7 Å². The third-order valence-electron chi connectivity index (χ3n) is 3.35. The van der Waals surface area contributed by atoms with Crippen LogP contribution < -0.4 is 10.6 Å². The molecule has 21 heavy (non-hydrogen) atoms. The number of hydrogen-bond acceptors (Lipinski definition) is 4. The maximum atomic E-state index is 12.3. The molecule has 4 rings (SSSR count). The van der Waals surface area contributed by atoms with E-state index in [0.29, 0.717) is 17.0 Å². The summed E-state index contributed by atoms with van der Waals surface area (Å²) in [5.74, 6) is -0.118. The molecule has 1 aliphatic heterocycles. The number of thiophene rings is 2. The van der Waals surface area contributed by atoms with Gasteiger partial charge >= 0.3 is 0 Å². The summed E-state index contributed by atoms with van der Waals surface area (Å²) in [5.41, 5.74) is 2.46. The Labute approximate surface area is 128 Å². The monoisotopic (exact) mass is 314 g/mol. The Morgan fingerprint density at radius 2 is 2.10 bits per heavy atom. The van der Waals surface area contributed by atoms with Gasteiger partial charge in [0, 0.05) is 20.8 Å². The van der Waals surface area contributed by atoms with Gasteiger partial charge in [-0.1, -0.05) is 0 Å². The lowest BCUT2D eigenvalue weighted by molar-refractivity contribution is -0.115. The molecule has 0 saturated heterocycles. The lowest BCUT2D eigenvalue weighted by atomic mass is 10.1. The topological polar surface area (TPSA) is 58.2 Å². The van der Waals surface area contributed by atoms with Crippen LogP contribution in [0.5, 0.6) is 0 Å². The fourth-order valence-electron chi connectivity index (χ4n) is 2.38. The number of carbonyl (C=O) groups is 2. The fraction of sp³-hybridized carbons (Fsp3) is 0.0667. The average molecular weight is 314 g/mol. The molecule has 0 fully saturated rings. The van der Waals surface area contributed by atoms with Crippen LogP contribution in [0.4, 0.5) is 11.4 Å². The molecule has 0 radical (unpaired) electrons. The van der Waals surface area contributed by atoms with Gasteiger partial charge in [0.05, 0.1) is 11.3 Å². The zero-order chi connectivity index (χ0) is 14.4. The van der Waals surface area contributed by atoms with Crippen molar-refractivity contribution in [3.63, 3.8) is 0 Å². The Morgan fingerprint density at radius 1 is 1.19 bits per heavy atom. The SMILES string of the molecule is O=C1Cc2cc(NC(=O)c3cc4sccc4s3)ccc2N1. The molecule has 0 aliphatic carbocycles. The third-order valence-corrected chi connectivity index (χ3v) is 5.44. The zero-order valence-electron chi connectivity index (χ0n) is 10.8. The number of rotatable bonds is 2. The second-order valence-corrected chi connectivity index (χ2v) is 6.84. The maximum Gasteiger partial charge on any atom is 0.265 e. The van der Waals surface area contributed by atoms with E-state index in [1.54, 1.807) is 17.4 Å². The smallest absolute Gasteiger partial charge is 0.265 e. The number of carbonyl (C=O) groups excluding carboxylic acids is 2. The molecule has 3 heterocycles. The van der Waals surface area contributed by atoms with Crippen molar-refractivity contribution in [3.05, 3.63) is 46.2 Å². The molecule has 0 atom stereocenters. The molecular formula is C15H10N2O2S2. The first kappa shape index (κ1) is 12.6. The number of hydrogen-bond donors (Lipinski definition) is 2. The second-order valence-electron chi connectivity index (χ2n) is 4.81. The fourth-order valence-corrected chi connectivity index (χ4v) is 4.38. The van der Waals surface area contributed by atoms with Gasteiger partial charge in [0.2, 0.25) is 5.91 Å². The standard InChI is InChI=1S/C15H10N2O2S2/c18-14-6-8-5-9(1-2-10(8)17-14)16-15(19)13-7-12-11(21-13)3-4-20-12/h1-5,7H,6H2,(H,16,19)(H,17,18). The van der Waals surface area contributed by atoms with Gasteiger partial charge in [-0.2, -0.15) is 0 Å². The summed E-state index contributed by atoms with van der Waals surface area (Å²) in [5, 5.41) is 7.69. The predicted molar refractivity (Wildman–Crippen MR) is 86.4 cm³/mol. The van der Waals surface area contributed by atoms with Crippen LogP contribution in [0.1, 0.15) is 15.2 Å². The molecule has 6 heteroatoms. The van der Waals surface area contributed by atoms with Gasteiger partial charge in [0.15, 0.2) is 0 Å². The molecule has 1 aliphatic rings. The summed E-state index contributed by atoms with van der Waals surface area (Å²) < 4.78 is 2.27. The summed E-state index contributed by atoms with van der Waals surface area (Å²) in [4.78, 5) is 24.3. The molecule has 0 unspecified atom stereocenters. The molecule has 0 bridgehead atoms. The van der Waals surface area contributed by atoms with E-state index in [1.807, 2.05) is 29.6 Å². The predicted octanol–water partition coefficient (Wildman–Crippen LogP) is 3.71. The highest BCUT2D eigenvalue weighted by Gasteiger charge is 2.18. The highest BCUT2D eigenvalue weighted by atomic mass is 32.1.